The van der Waals surface area contributed by atoms with Crippen LogP contribution in [0.4, 0.5) is 0 Å². The van der Waals surface area contributed by atoms with Crippen LogP contribution in [0.1, 0.15) is 12.5 Å². The van der Waals surface area contributed by atoms with Crippen LogP contribution in [0.25, 0.3) is 0 Å². The van der Waals surface area contributed by atoms with Crippen molar-refractivity contribution in [2.75, 3.05) is 7.11 Å². The summed E-state index contributed by atoms with van der Waals surface area (Å²) < 4.78 is 5.15. The first-order valence-electron chi connectivity index (χ1n) is 6.34. The molecule has 1 unspecified atom stereocenters. The Balaban J connectivity index is 2.02. The molecule has 0 aliphatic rings. The van der Waals surface area contributed by atoms with Crippen LogP contribution in [-0.4, -0.2) is 13.2 Å². The molecule has 2 aromatic rings. The molecule has 2 aromatic carbocycles. The molecule has 0 bridgehead atoms. The first kappa shape index (κ1) is 14.0. The van der Waals surface area contributed by atoms with Gasteiger partial charge in [0.25, 0.3) is 0 Å². The summed E-state index contributed by atoms with van der Waals surface area (Å²) >= 11 is 1.75. The molecule has 2 rings (SSSR count). The summed E-state index contributed by atoms with van der Waals surface area (Å²) in [5, 5.41) is 0. The molecule has 2 nitrogen and oxygen atoms in total. The number of nitrogens with two attached hydrogens (primary N) is 1. The third-order valence-corrected chi connectivity index (χ3v) is 3.79. The van der Waals surface area contributed by atoms with Gasteiger partial charge >= 0.3 is 0 Å². The summed E-state index contributed by atoms with van der Waals surface area (Å²) in [6, 6.07) is 16.9. The molecular weight excluding hydrogens is 254 g/mol. The molecule has 0 aliphatic heterocycles. The van der Waals surface area contributed by atoms with Gasteiger partial charge in [-0.25, -0.2) is 0 Å². The summed E-state index contributed by atoms with van der Waals surface area (Å²) in [6.07, 6.45) is 0.924. The van der Waals surface area contributed by atoms with E-state index in [9.17, 15) is 0 Å². The average molecular weight is 273 g/mol. The van der Waals surface area contributed by atoms with Crippen LogP contribution >= 0.6 is 11.8 Å². The highest BCUT2D eigenvalue weighted by Gasteiger charge is 2.00. The zero-order valence-electron chi connectivity index (χ0n) is 11.3. The Morgan fingerprint density at radius 2 is 1.53 bits per heavy atom. The zero-order valence-corrected chi connectivity index (χ0v) is 12.1. The van der Waals surface area contributed by atoms with E-state index in [0.717, 1.165) is 12.2 Å². The number of benzene rings is 2. The number of rotatable bonds is 5. The van der Waals surface area contributed by atoms with E-state index in [1.54, 1.807) is 18.9 Å². The van der Waals surface area contributed by atoms with Gasteiger partial charge < -0.3 is 10.5 Å². The largest absolute Gasteiger partial charge is 0.497 e. The minimum Gasteiger partial charge on any atom is -0.497 e. The second-order valence-electron chi connectivity index (χ2n) is 4.60. The van der Waals surface area contributed by atoms with Gasteiger partial charge in [-0.05, 0) is 55.3 Å². The van der Waals surface area contributed by atoms with E-state index in [4.69, 9.17) is 10.5 Å². The predicted molar refractivity (Wildman–Crippen MR) is 80.9 cm³/mol. The summed E-state index contributed by atoms with van der Waals surface area (Å²) in [7, 11) is 1.68. The molecule has 0 saturated heterocycles. The van der Waals surface area contributed by atoms with Crippen molar-refractivity contribution in [3.8, 4) is 5.75 Å². The predicted octanol–water partition coefficient (Wildman–Crippen LogP) is 3.74. The monoisotopic (exact) mass is 273 g/mol. The Morgan fingerprint density at radius 3 is 2.00 bits per heavy atom. The van der Waals surface area contributed by atoms with Crippen molar-refractivity contribution in [3.05, 3.63) is 54.1 Å². The molecule has 19 heavy (non-hydrogen) atoms. The zero-order chi connectivity index (χ0) is 13.7. The maximum atomic E-state index is 5.80. The maximum Gasteiger partial charge on any atom is 0.118 e. The van der Waals surface area contributed by atoms with Gasteiger partial charge in [0.2, 0.25) is 0 Å². The van der Waals surface area contributed by atoms with Gasteiger partial charge in [-0.2, -0.15) is 0 Å². The standard InChI is InChI=1S/C16H19NOS/c1-12(17)11-13-3-7-15(8-4-13)19-16-9-5-14(18-2)6-10-16/h3-10,12H,11,17H2,1-2H3. The van der Waals surface area contributed by atoms with Crippen LogP contribution in [0, 0.1) is 0 Å². The maximum absolute atomic E-state index is 5.80. The van der Waals surface area contributed by atoms with Crippen LogP contribution in [0.5, 0.6) is 5.75 Å². The minimum absolute atomic E-state index is 0.208. The fourth-order valence-electron chi connectivity index (χ4n) is 1.85. The van der Waals surface area contributed by atoms with E-state index in [1.807, 2.05) is 19.1 Å². The van der Waals surface area contributed by atoms with Gasteiger partial charge in [-0.1, -0.05) is 23.9 Å². The second-order valence-corrected chi connectivity index (χ2v) is 5.75. The van der Waals surface area contributed by atoms with Gasteiger partial charge in [-0.3, -0.25) is 0 Å². The number of ether oxygens (including phenoxy) is 1. The Bertz CT molecular complexity index is 505. The fraction of sp³-hybridized carbons (Fsp3) is 0.250. The van der Waals surface area contributed by atoms with Crippen molar-refractivity contribution in [3.63, 3.8) is 0 Å². The molecule has 0 fully saturated rings. The van der Waals surface area contributed by atoms with Crippen molar-refractivity contribution < 1.29 is 4.74 Å². The Morgan fingerprint density at radius 1 is 1.00 bits per heavy atom. The number of hydrogen-bond acceptors (Lipinski definition) is 3. The lowest BCUT2D eigenvalue weighted by Crippen LogP contribution is -2.17. The van der Waals surface area contributed by atoms with Gasteiger partial charge in [-0.15, -0.1) is 0 Å². The molecule has 0 aliphatic carbocycles. The van der Waals surface area contributed by atoms with Crippen LogP contribution in [0.3, 0.4) is 0 Å². The first-order valence-corrected chi connectivity index (χ1v) is 7.15. The lowest BCUT2D eigenvalue weighted by Gasteiger charge is -2.07. The quantitative estimate of drug-likeness (QED) is 0.901. The van der Waals surface area contributed by atoms with Crippen LogP contribution in [-0.2, 0) is 6.42 Å². The number of methoxy groups -OCH3 is 1. The summed E-state index contributed by atoms with van der Waals surface area (Å²) in [6.45, 7) is 2.03. The van der Waals surface area contributed by atoms with E-state index < -0.39 is 0 Å². The molecule has 0 amide bonds. The molecule has 0 heterocycles. The Labute approximate surface area is 119 Å². The van der Waals surface area contributed by atoms with Crippen molar-refractivity contribution >= 4 is 11.8 Å². The highest BCUT2D eigenvalue weighted by Crippen LogP contribution is 2.29. The molecule has 0 aromatic heterocycles. The van der Waals surface area contributed by atoms with E-state index in [2.05, 4.69) is 36.4 Å². The summed E-state index contributed by atoms with van der Waals surface area (Å²) in [5.41, 5.74) is 7.08. The fourth-order valence-corrected chi connectivity index (χ4v) is 2.66. The topological polar surface area (TPSA) is 35.2 Å². The molecule has 0 spiro atoms. The SMILES string of the molecule is COc1ccc(Sc2ccc(CC(C)N)cc2)cc1. The normalized spacial score (nSPS) is 12.2. The Kier molecular flexibility index (Phi) is 4.88. The molecule has 100 valence electrons. The minimum atomic E-state index is 0.208. The van der Waals surface area contributed by atoms with E-state index in [-0.39, 0.29) is 6.04 Å². The lowest BCUT2D eigenvalue weighted by atomic mass is 10.1. The van der Waals surface area contributed by atoms with Crippen LogP contribution in [0.2, 0.25) is 0 Å². The molecule has 3 heteroatoms. The molecule has 1 atom stereocenters. The molecule has 0 radical (unpaired) electrons. The highest BCUT2D eigenvalue weighted by atomic mass is 32.2. The van der Waals surface area contributed by atoms with Crippen molar-refractivity contribution in [1.29, 1.82) is 0 Å². The molecule has 2 N–H and O–H groups in total. The Hall–Kier alpha value is -1.45. The van der Waals surface area contributed by atoms with Gasteiger partial charge in [0.15, 0.2) is 0 Å². The van der Waals surface area contributed by atoms with Crippen LogP contribution in [0.15, 0.2) is 58.3 Å². The second kappa shape index (κ2) is 6.64. The van der Waals surface area contributed by atoms with E-state index >= 15 is 0 Å². The average Bonchev–Trinajstić information content (AvgIpc) is 2.41. The highest BCUT2D eigenvalue weighted by molar-refractivity contribution is 7.99. The van der Waals surface area contributed by atoms with Gasteiger partial charge in [0.1, 0.15) is 5.75 Å². The summed E-state index contributed by atoms with van der Waals surface area (Å²) in [4.78, 5) is 2.44. The third kappa shape index (κ3) is 4.30. The smallest absolute Gasteiger partial charge is 0.118 e. The van der Waals surface area contributed by atoms with Crippen LogP contribution < -0.4 is 10.5 Å². The number of hydrogen-bond donors (Lipinski definition) is 1. The van der Waals surface area contributed by atoms with Crippen molar-refractivity contribution in [2.24, 2.45) is 5.73 Å². The third-order valence-electron chi connectivity index (χ3n) is 2.78. The lowest BCUT2D eigenvalue weighted by molar-refractivity contribution is 0.414. The molecule has 0 saturated carbocycles. The molecular formula is C16H19NOS. The van der Waals surface area contributed by atoms with Gasteiger partial charge in [0.05, 0.1) is 7.11 Å². The van der Waals surface area contributed by atoms with Gasteiger partial charge in [0, 0.05) is 15.8 Å². The summed E-state index contributed by atoms with van der Waals surface area (Å²) in [5.74, 6) is 0.886. The van der Waals surface area contributed by atoms with Crippen molar-refractivity contribution in [2.45, 2.75) is 29.2 Å². The van der Waals surface area contributed by atoms with E-state index in [0.29, 0.717) is 0 Å². The first-order chi connectivity index (χ1) is 9.17. The van der Waals surface area contributed by atoms with E-state index in [1.165, 1.54) is 15.4 Å². The van der Waals surface area contributed by atoms with Crippen molar-refractivity contribution in [1.82, 2.24) is 0 Å².